The Bertz CT molecular complexity index is 656. The first-order chi connectivity index (χ1) is 11.3. The minimum absolute atomic E-state index is 0.394. The van der Waals surface area contributed by atoms with Crippen LogP contribution in [0.2, 0.25) is 0 Å². The highest BCUT2D eigenvalue weighted by atomic mass is 15.3. The standard InChI is InChI=1S/C17H24N6/c1-22-16-6-4-5-15(14(16)12-21-22)18-9-13-10-19-17(20-11-13)23-7-2-3-8-23/h10-12,15,18H,2-9H2,1H3. The van der Waals surface area contributed by atoms with Crippen molar-refractivity contribution in [1.82, 2.24) is 25.1 Å². The quantitative estimate of drug-likeness (QED) is 0.935. The summed E-state index contributed by atoms with van der Waals surface area (Å²) < 4.78 is 2.01. The van der Waals surface area contributed by atoms with Gasteiger partial charge in [-0.05, 0) is 32.1 Å². The molecule has 122 valence electrons. The lowest BCUT2D eigenvalue weighted by Gasteiger charge is -2.24. The van der Waals surface area contributed by atoms with Gasteiger partial charge in [-0.3, -0.25) is 4.68 Å². The summed E-state index contributed by atoms with van der Waals surface area (Å²) in [4.78, 5) is 11.3. The van der Waals surface area contributed by atoms with Crippen molar-refractivity contribution in [3.05, 3.63) is 35.4 Å². The number of hydrogen-bond donors (Lipinski definition) is 1. The monoisotopic (exact) mass is 312 g/mol. The van der Waals surface area contributed by atoms with Crippen molar-refractivity contribution >= 4 is 5.95 Å². The summed E-state index contributed by atoms with van der Waals surface area (Å²) in [6.45, 7) is 2.98. The Labute approximate surface area is 136 Å². The van der Waals surface area contributed by atoms with Gasteiger partial charge in [0.05, 0.1) is 6.20 Å². The van der Waals surface area contributed by atoms with Crippen LogP contribution in [0.3, 0.4) is 0 Å². The lowest BCUT2D eigenvalue weighted by Crippen LogP contribution is -2.25. The van der Waals surface area contributed by atoms with Gasteiger partial charge in [0.1, 0.15) is 0 Å². The van der Waals surface area contributed by atoms with Crippen molar-refractivity contribution < 1.29 is 0 Å². The van der Waals surface area contributed by atoms with Gasteiger partial charge in [0, 0.05) is 61.9 Å². The largest absolute Gasteiger partial charge is 0.341 e. The Kier molecular flexibility index (Phi) is 3.99. The molecule has 1 saturated heterocycles. The van der Waals surface area contributed by atoms with E-state index >= 15 is 0 Å². The Balaban J connectivity index is 1.39. The van der Waals surface area contributed by atoms with Crippen molar-refractivity contribution in [1.29, 1.82) is 0 Å². The Morgan fingerprint density at radius 3 is 2.70 bits per heavy atom. The van der Waals surface area contributed by atoms with Crippen LogP contribution in [0.15, 0.2) is 18.6 Å². The number of aromatic nitrogens is 4. The highest BCUT2D eigenvalue weighted by molar-refractivity contribution is 5.31. The van der Waals surface area contributed by atoms with Gasteiger partial charge in [-0.2, -0.15) is 5.10 Å². The molecule has 0 saturated carbocycles. The van der Waals surface area contributed by atoms with Gasteiger partial charge in [-0.25, -0.2) is 9.97 Å². The predicted molar refractivity (Wildman–Crippen MR) is 89.2 cm³/mol. The first-order valence-corrected chi connectivity index (χ1v) is 8.61. The summed E-state index contributed by atoms with van der Waals surface area (Å²) in [5.41, 5.74) is 3.87. The smallest absolute Gasteiger partial charge is 0.225 e. The fourth-order valence-corrected chi connectivity index (χ4v) is 3.68. The minimum atomic E-state index is 0.394. The second-order valence-electron chi connectivity index (χ2n) is 6.58. The van der Waals surface area contributed by atoms with Crippen LogP contribution in [0.4, 0.5) is 5.95 Å². The van der Waals surface area contributed by atoms with E-state index in [0.29, 0.717) is 6.04 Å². The van der Waals surface area contributed by atoms with Gasteiger partial charge < -0.3 is 10.2 Å². The third kappa shape index (κ3) is 2.95. The summed E-state index contributed by atoms with van der Waals surface area (Å²) >= 11 is 0. The van der Waals surface area contributed by atoms with Crippen molar-refractivity contribution in [2.24, 2.45) is 7.05 Å². The highest BCUT2D eigenvalue weighted by Crippen LogP contribution is 2.29. The average Bonchev–Trinajstić information content (AvgIpc) is 3.24. The molecule has 1 N–H and O–H groups in total. The number of nitrogens with one attached hydrogen (secondary N) is 1. The van der Waals surface area contributed by atoms with Crippen LogP contribution in [-0.4, -0.2) is 32.8 Å². The third-order valence-corrected chi connectivity index (χ3v) is 5.01. The van der Waals surface area contributed by atoms with E-state index in [1.165, 1.54) is 36.9 Å². The zero-order chi connectivity index (χ0) is 15.6. The molecule has 0 amide bonds. The molecule has 1 aliphatic heterocycles. The van der Waals surface area contributed by atoms with Crippen molar-refractivity contribution in [2.75, 3.05) is 18.0 Å². The molecule has 4 rings (SSSR count). The number of anilines is 1. The zero-order valence-corrected chi connectivity index (χ0v) is 13.7. The van der Waals surface area contributed by atoms with Gasteiger partial charge in [0.25, 0.3) is 0 Å². The van der Waals surface area contributed by atoms with E-state index in [-0.39, 0.29) is 0 Å². The SMILES string of the molecule is Cn1ncc2c1CCCC2NCc1cnc(N2CCCC2)nc1. The van der Waals surface area contributed by atoms with Gasteiger partial charge in [0.15, 0.2) is 0 Å². The topological polar surface area (TPSA) is 58.9 Å². The molecule has 2 aromatic heterocycles. The maximum absolute atomic E-state index is 4.53. The summed E-state index contributed by atoms with van der Waals surface area (Å²) in [5, 5.41) is 8.06. The third-order valence-electron chi connectivity index (χ3n) is 5.01. The summed E-state index contributed by atoms with van der Waals surface area (Å²) in [7, 11) is 2.03. The first kappa shape index (κ1) is 14.6. The van der Waals surface area contributed by atoms with Gasteiger partial charge in [0.2, 0.25) is 5.95 Å². The summed E-state index contributed by atoms with van der Waals surface area (Å²) in [6, 6.07) is 0.394. The maximum Gasteiger partial charge on any atom is 0.225 e. The predicted octanol–water partition coefficient (Wildman–Crippen LogP) is 1.98. The van der Waals surface area contributed by atoms with E-state index in [1.807, 2.05) is 30.3 Å². The lowest BCUT2D eigenvalue weighted by molar-refractivity contribution is 0.451. The maximum atomic E-state index is 4.53. The van der Waals surface area contributed by atoms with E-state index in [0.717, 1.165) is 37.6 Å². The normalized spacial score (nSPS) is 20.7. The highest BCUT2D eigenvalue weighted by Gasteiger charge is 2.23. The second kappa shape index (κ2) is 6.28. The van der Waals surface area contributed by atoms with Crippen LogP contribution in [0.25, 0.3) is 0 Å². The average molecular weight is 312 g/mol. The number of rotatable bonds is 4. The molecule has 23 heavy (non-hydrogen) atoms. The number of fused-ring (bicyclic) bond motifs is 1. The molecule has 1 aliphatic carbocycles. The molecule has 3 heterocycles. The Morgan fingerprint density at radius 2 is 1.91 bits per heavy atom. The molecule has 1 atom stereocenters. The van der Waals surface area contributed by atoms with Crippen LogP contribution >= 0.6 is 0 Å². The molecule has 0 spiro atoms. The summed E-state index contributed by atoms with van der Waals surface area (Å²) in [5.74, 6) is 0.874. The molecule has 1 fully saturated rings. The number of nitrogens with zero attached hydrogens (tertiary/aromatic N) is 5. The van der Waals surface area contributed by atoms with E-state index in [4.69, 9.17) is 0 Å². The molecule has 2 aliphatic rings. The van der Waals surface area contributed by atoms with E-state index in [9.17, 15) is 0 Å². The van der Waals surface area contributed by atoms with Gasteiger partial charge >= 0.3 is 0 Å². The fourth-order valence-electron chi connectivity index (χ4n) is 3.68. The Hall–Kier alpha value is -1.95. The molecular weight excluding hydrogens is 288 g/mol. The number of aryl methyl sites for hydroxylation is 1. The molecule has 0 aromatic carbocycles. The molecular formula is C17H24N6. The van der Waals surface area contributed by atoms with Crippen LogP contribution in [0.5, 0.6) is 0 Å². The summed E-state index contributed by atoms with van der Waals surface area (Å²) in [6.07, 6.45) is 12.0. The molecule has 0 radical (unpaired) electrons. The molecule has 1 unspecified atom stereocenters. The van der Waals surface area contributed by atoms with Gasteiger partial charge in [-0.15, -0.1) is 0 Å². The van der Waals surface area contributed by atoms with Crippen molar-refractivity contribution in [3.8, 4) is 0 Å². The van der Waals surface area contributed by atoms with Crippen molar-refractivity contribution in [3.63, 3.8) is 0 Å². The van der Waals surface area contributed by atoms with Crippen molar-refractivity contribution in [2.45, 2.75) is 44.7 Å². The molecule has 6 nitrogen and oxygen atoms in total. The van der Waals surface area contributed by atoms with Crippen LogP contribution in [0, 0.1) is 0 Å². The van der Waals surface area contributed by atoms with E-state index in [1.54, 1.807) is 0 Å². The Morgan fingerprint density at radius 1 is 1.13 bits per heavy atom. The molecule has 2 aromatic rings. The van der Waals surface area contributed by atoms with E-state index in [2.05, 4.69) is 25.3 Å². The molecule has 0 bridgehead atoms. The van der Waals surface area contributed by atoms with Gasteiger partial charge in [-0.1, -0.05) is 0 Å². The van der Waals surface area contributed by atoms with Crippen LogP contribution in [-0.2, 0) is 20.0 Å². The lowest BCUT2D eigenvalue weighted by atomic mass is 9.93. The van der Waals surface area contributed by atoms with Crippen LogP contribution < -0.4 is 10.2 Å². The first-order valence-electron chi connectivity index (χ1n) is 8.61. The zero-order valence-electron chi connectivity index (χ0n) is 13.7. The number of hydrogen-bond acceptors (Lipinski definition) is 5. The van der Waals surface area contributed by atoms with E-state index < -0.39 is 0 Å². The van der Waals surface area contributed by atoms with Crippen LogP contribution in [0.1, 0.15) is 48.5 Å². The second-order valence-corrected chi connectivity index (χ2v) is 6.58. The molecule has 6 heteroatoms. The fraction of sp³-hybridized carbons (Fsp3) is 0.588. The minimum Gasteiger partial charge on any atom is -0.341 e.